The third-order valence-electron chi connectivity index (χ3n) is 3.41. The Labute approximate surface area is 139 Å². The number of H-pyrrole nitrogens is 2. The Hall–Kier alpha value is -3.07. The molecule has 0 aliphatic heterocycles. The number of imidazole rings is 1. The van der Waals surface area contributed by atoms with E-state index in [0.29, 0.717) is 21.9 Å². The molecule has 9 heteroatoms. The van der Waals surface area contributed by atoms with Crippen LogP contribution in [0.15, 0.2) is 52.5 Å². The minimum atomic E-state index is -0.275. The zero-order valence-electron chi connectivity index (χ0n) is 12.3. The molecule has 1 aromatic carbocycles. The van der Waals surface area contributed by atoms with Gasteiger partial charge in [-0.3, -0.25) is 9.20 Å². The van der Waals surface area contributed by atoms with Gasteiger partial charge in [-0.1, -0.05) is 17.8 Å². The number of nitrogens with zero attached hydrogens (tertiary/aromatic N) is 3. The van der Waals surface area contributed by atoms with Gasteiger partial charge in [-0.2, -0.15) is 0 Å². The van der Waals surface area contributed by atoms with Gasteiger partial charge in [0.15, 0.2) is 10.8 Å². The molecular formula is C15H12N6O2S. The lowest BCUT2D eigenvalue weighted by Gasteiger charge is -2.04. The van der Waals surface area contributed by atoms with Crippen LogP contribution < -0.4 is 11.0 Å². The molecule has 0 atom stereocenters. The second kappa shape index (κ2) is 5.85. The Morgan fingerprint density at radius 3 is 2.96 bits per heavy atom. The first-order chi connectivity index (χ1) is 11.7. The van der Waals surface area contributed by atoms with Gasteiger partial charge in [0.05, 0.1) is 16.8 Å². The molecule has 3 heterocycles. The third-order valence-corrected chi connectivity index (χ3v) is 4.36. The number of fused-ring (bicyclic) bond motifs is 2. The zero-order chi connectivity index (χ0) is 16.5. The van der Waals surface area contributed by atoms with Gasteiger partial charge in [0, 0.05) is 11.9 Å². The van der Waals surface area contributed by atoms with Gasteiger partial charge in [-0.15, -0.1) is 10.2 Å². The Balaban J connectivity index is 1.45. The Morgan fingerprint density at radius 2 is 2.04 bits per heavy atom. The number of aromatic nitrogens is 5. The fraction of sp³-hybridized carbons (Fsp3) is 0.0667. The van der Waals surface area contributed by atoms with Crippen molar-refractivity contribution in [3.63, 3.8) is 0 Å². The Bertz CT molecular complexity index is 1100. The van der Waals surface area contributed by atoms with E-state index >= 15 is 0 Å². The van der Waals surface area contributed by atoms with Crippen molar-refractivity contribution >= 4 is 40.0 Å². The van der Waals surface area contributed by atoms with E-state index in [1.807, 2.05) is 28.8 Å². The van der Waals surface area contributed by atoms with E-state index < -0.39 is 0 Å². The van der Waals surface area contributed by atoms with E-state index in [2.05, 4.69) is 25.5 Å². The zero-order valence-corrected chi connectivity index (χ0v) is 13.1. The summed E-state index contributed by atoms with van der Waals surface area (Å²) in [6, 6.07) is 10.8. The number of thioether (sulfide) groups is 1. The molecule has 0 spiro atoms. The number of rotatable bonds is 4. The van der Waals surface area contributed by atoms with Gasteiger partial charge in [0.25, 0.3) is 0 Å². The summed E-state index contributed by atoms with van der Waals surface area (Å²) in [5.41, 5.74) is 2.43. The summed E-state index contributed by atoms with van der Waals surface area (Å²) in [6.45, 7) is 0. The average Bonchev–Trinajstić information content (AvgIpc) is 3.15. The number of aromatic amines is 2. The van der Waals surface area contributed by atoms with Gasteiger partial charge < -0.3 is 15.3 Å². The predicted molar refractivity (Wildman–Crippen MR) is 91.3 cm³/mol. The summed E-state index contributed by atoms with van der Waals surface area (Å²) in [7, 11) is 0. The van der Waals surface area contributed by atoms with Gasteiger partial charge in [-0.25, -0.2) is 4.79 Å². The molecule has 0 radical (unpaired) electrons. The molecule has 3 N–H and O–H groups in total. The number of benzene rings is 1. The molecule has 120 valence electrons. The van der Waals surface area contributed by atoms with E-state index in [1.165, 1.54) is 11.8 Å². The SMILES string of the molecule is O=C(CSc1nnc2ccccn12)Nc1ccc2[nH]c(=O)[nH]c2c1. The summed E-state index contributed by atoms with van der Waals surface area (Å²) in [5, 5.41) is 11.6. The molecule has 0 aliphatic rings. The first kappa shape index (κ1) is 14.5. The van der Waals surface area contributed by atoms with Crippen LogP contribution in [0.5, 0.6) is 0 Å². The fourth-order valence-corrected chi connectivity index (χ4v) is 3.08. The van der Waals surface area contributed by atoms with Gasteiger partial charge in [-0.05, 0) is 30.3 Å². The van der Waals surface area contributed by atoms with Crippen molar-refractivity contribution in [2.24, 2.45) is 0 Å². The van der Waals surface area contributed by atoms with Crippen molar-refractivity contribution < 1.29 is 4.79 Å². The highest BCUT2D eigenvalue weighted by atomic mass is 32.2. The molecular weight excluding hydrogens is 328 g/mol. The second-order valence-electron chi connectivity index (χ2n) is 5.09. The lowest BCUT2D eigenvalue weighted by atomic mass is 10.3. The van der Waals surface area contributed by atoms with Crippen molar-refractivity contribution in [2.45, 2.75) is 5.16 Å². The van der Waals surface area contributed by atoms with Crippen molar-refractivity contribution in [3.8, 4) is 0 Å². The molecule has 24 heavy (non-hydrogen) atoms. The van der Waals surface area contributed by atoms with Crippen molar-refractivity contribution in [1.82, 2.24) is 24.6 Å². The first-order valence-electron chi connectivity index (χ1n) is 7.13. The lowest BCUT2D eigenvalue weighted by molar-refractivity contribution is -0.113. The number of pyridine rings is 1. The number of carbonyl (C=O) groups is 1. The number of anilines is 1. The van der Waals surface area contributed by atoms with E-state index in [-0.39, 0.29) is 17.3 Å². The number of hydrogen-bond donors (Lipinski definition) is 3. The summed E-state index contributed by atoms with van der Waals surface area (Å²) >= 11 is 1.30. The number of amides is 1. The molecule has 4 aromatic rings. The quantitative estimate of drug-likeness (QED) is 0.489. The highest BCUT2D eigenvalue weighted by Gasteiger charge is 2.09. The van der Waals surface area contributed by atoms with Gasteiger partial charge >= 0.3 is 5.69 Å². The highest BCUT2D eigenvalue weighted by molar-refractivity contribution is 7.99. The maximum Gasteiger partial charge on any atom is 0.323 e. The predicted octanol–water partition coefficient (Wildman–Crippen LogP) is 1.63. The van der Waals surface area contributed by atoms with Crippen LogP contribution in [0.2, 0.25) is 0 Å². The van der Waals surface area contributed by atoms with Crippen molar-refractivity contribution in [2.75, 3.05) is 11.1 Å². The maximum atomic E-state index is 12.1. The van der Waals surface area contributed by atoms with E-state index in [4.69, 9.17) is 0 Å². The lowest BCUT2D eigenvalue weighted by Crippen LogP contribution is -2.14. The highest BCUT2D eigenvalue weighted by Crippen LogP contribution is 2.18. The van der Waals surface area contributed by atoms with Crippen LogP contribution in [-0.4, -0.2) is 36.2 Å². The van der Waals surface area contributed by atoms with Crippen LogP contribution in [0.4, 0.5) is 5.69 Å². The normalized spacial score (nSPS) is 11.2. The minimum Gasteiger partial charge on any atom is -0.325 e. The van der Waals surface area contributed by atoms with Crippen molar-refractivity contribution in [1.29, 1.82) is 0 Å². The monoisotopic (exact) mass is 340 g/mol. The number of carbonyl (C=O) groups excluding carboxylic acids is 1. The van der Waals surface area contributed by atoms with Crippen LogP contribution in [-0.2, 0) is 4.79 Å². The molecule has 0 aliphatic carbocycles. The molecule has 0 fully saturated rings. The van der Waals surface area contributed by atoms with Crippen LogP contribution >= 0.6 is 11.8 Å². The standard InChI is InChI=1S/C15H12N6O2S/c22-13(8-24-15-20-19-12-3-1-2-6-21(12)15)16-9-4-5-10-11(7-9)18-14(23)17-10/h1-7H,8H2,(H,16,22)(H2,17,18,23). The summed E-state index contributed by atoms with van der Waals surface area (Å²) in [4.78, 5) is 28.7. The first-order valence-corrected chi connectivity index (χ1v) is 8.12. The molecule has 3 aromatic heterocycles. The van der Waals surface area contributed by atoms with Crippen LogP contribution in [0.25, 0.3) is 16.7 Å². The topological polar surface area (TPSA) is 108 Å². The summed E-state index contributed by atoms with van der Waals surface area (Å²) < 4.78 is 1.83. The summed E-state index contributed by atoms with van der Waals surface area (Å²) in [6.07, 6.45) is 1.85. The molecule has 0 saturated heterocycles. The molecule has 0 bridgehead atoms. The molecule has 1 amide bonds. The molecule has 8 nitrogen and oxygen atoms in total. The fourth-order valence-electron chi connectivity index (χ4n) is 2.36. The Kier molecular flexibility index (Phi) is 3.54. The smallest absolute Gasteiger partial charge is 0.323 e. The molecule has 0 unspecified atom stereocenters. The second-order valence-corrected chi connectivity index (χ2v) is 6.03. The van der Waals surface area contributed by atoms with Gasteiger partial charge in [0.2, 0.25) is 5.91 Å². The van der Waals surface area contributed by atoms with E-state index in [0.717, 1.165) is 5.65 Å². The third kappa shape index (κ3) is 2.76. The molecule has 4 rings (SSSR count). The maximum absolute atomic E-state index is 12.1. The van der Waals surface area contributed by atoms with E-state index in [9.17, 15) is 9.59 Å². The Morgan fingerprint density at radius 1 is 1.17 bits per heavy atom. The van der Waals surface area contributed by atoms with Gasteiger partial charge in [0.1, 0.15) is 0 Å². The number of nitrogens with one attached hydrogen (secondary N) is 3. The number of hydrogen-bond acceptors (Lipinski definition) is 5. The average molecular weight is 340 g/mol. The summed E-state index contributed by atoms with van der Waals surface area (Å²) in [5.74, 6) is 0.0436. The van der Waals surface area contributed by atoms with Crippen LogP contribution in [0.1, 0.15) is 0 Å². The molecule has 0 saturated carbocycles. The van der Waals surface area contributed by atoms with E-state index in [1.54, 1.807) is 18.2 Å². The van der Waals surface area contributed by atoms with Crippen molar-refractivity contribution in [3.05, 3.63) is 53.1 Å². The van der Waals surface area contributed by atoms with Crippen LogP contribution in [0.3, 0.4) is 0 Å². The largest absolute Gasteiger partial charge is 0.325 e. The van der Waals surface area contributed by atoms with Crippen LogP contribution in [0, 0.1) is 0 Å². The minimum absolute atomic E-state index is 0.162.